The second kappa shape index (κ2) is 7.06. The minimum absolute atomic E-state index is 0.599. The highest BCUT2D eigenvalue weighted by Crippen LogP contribution is 2.40. The Morgan fingerprint density at radius 2 is 2.28 bits per heavy atom. The maximum atomic E-state index is 11.3. The highest BCUT2D eigenvalue weighted by atomic mass is 33.1. The van der Waals surface area contributed by atoms with Crippen molar-refractivity contribution < 1.29 is 9.90 Å². The topological polar surface area (TPSA) is 49.3 Å². The van der Waals surface area contributed by atoms with Crippen LogP contribution in [0, 0.1) is 0 Å². The van der Waals surface area contributed by atoms with Crippen LogP contribution in [0.25, 0.3) is 0 Å². The highest BCUT2D eigenvalue weighted by Gasteiger charge is 2.40. The quantitative estimate of drug-likeness (QED) is 0.556. The lowest BCUT2D eigenvalue weighted by molar-refractivity contribution is -0.144. The Morgan fingerprint density at radius 1 is 1.39 bits per heavy atom. The molecular weight excluding hydrogens is 266 g/mol. The zero-order valence-electron chi connectivity index (χ0n) is 10.8. The minimum Gasteiger partial charge on any atom is -0.480 e. The third-order valence-corrected chi connectivity index (χ3v) is 7.02. The third kappa shape index (κ3) is 3.81. The molecule has 2 rings (SSSR count). The van der Waals surface area contributed by atoms with Gasteiger partial charge >= 0.3 is 5.97 Å². The smallest absolute Gasteiger partial charge is 0.323 e. The van der Waals surface area contributed by atoms with Gasteiger partial charge in [-0.1, -0.05) is 40.9 Å². The fourth-order valence-electron chi connectivity index (χ4n) is 2.85. The molecule has 0 spiro atoms. The van der Waals surface area contributed by atoms with Crippen molar-refractivity contribution in [3.8, 4) is 0 Å². The molecule has 0 amide bonds. The first-order valence-corrected chi connectivity index (χ1v) is 9.38. The van der Waals surface area contributed by atoms with E-state index in [-0.39, 0.29) is 0 Å². The molecule has 2 aliphatic heterocycles. The van der Waals surface area contributed by atoms with E-state index in [2.05, 4.69) is 5.32 Å². The molecular formula is C13H23NO2S2. The van der Waals surface area contributed by atoms with Crippen molar-refractivity contribution >= 4 is 27.6 Å². The van der Waals surface area contributed by atoms with E-state index in [1.807, 2.05) is 21.6 Å². The first-order chi connectivity index (χ1) is 8.73. The Kier molecular flexibility index (Phi) is 5.70. The van der Waals surface area contributed by atoms with Gasteiger partial charge < -0.3 is 10.4 Å². The molecule has 2 N–H and O–H groups in total. The first kappa shape index (κ1) is 14.5. The van der Waals surface area contributed by atoms with Crippen LogP contribution in [0.3, 0.4) is 0 Å². The summed E-state index contributed by atoms with van der Waals surface area (Å²) in [5, 5.41) is 13.4. The van der Waals surface area contributed by atoms with Gasteiger partial charge in [-0.2, -0.15) is 0 Å². The Balaban J connectivity index is 1.60. The number of hydrogen-bond acceptors (Lipinski definition) is 4. The van der Waals surface area contributed by atoms with Gasteiger partial charge in [-0.05, 0) is 38.6 Å². The number of nitrogens with one attached hydrogen (secondary N) is 1. The lowest BCUT2D eigenvalue weighted by Gasteiger charge is -2.24. The number of rotatable bonds is 7. The fourth-order valence-corrected chi connectivity index (χ4v) is 5.88. The molecule has 2 saturated heterocycles. The minimum atomic E-state index is -0.650. The van der Waals surface area contributed by atoms with Gasteiger partial charge in [-0.15, -0.1) is 0 Å². The normalized spacial score (nSPS) is 31.9. The fraction of sp³-hybridized carbons (Fsp3) is 0.923. The van der Waals surface area contributed by atoms with Gasteiger partial charge in [-0.3, -0.25) is 4.79 Å². The summed E-state index contributed by atoms with van der Waals surface area (Å²) in [4.78, 5) is 11.3. The second-order valence-corrected chi connectivity index (χ2v) is 8.13. The van der Waals surface area contributed by atoms with Crippen LogP contribution in [0.4, 0.5) is 0 Å². The van der Waals surface area contributed by atoms with Crippen LogP contribution in [-0.2, 0) is 4.79 Å². The Bertz CT molecular complexity index is 274. The Labute approximate surface area is 117 Å². The van der Waals surface area contributed by atoms with Crippen molar-refractivity contribution in [2.45, 2.75) is 62.2 Å². The predicted molar refractivity (Wildman–Crippen MR) is 79.1 cm³/mol. The number of carboxylic acid groups (broad SMARTS) is 1. The van der Waals surface area contributed by atoms with E-state index in [1.54, 1.807) is 0 Å². The number of hydrogen-bond donors (Lipinski definition) is 2. The summed E-state index contributed by atoms with van der Waals surface area (Å²) in [7, 11) is 4.04. The van der Waals surface area contributed by atoms with Gasteiger partial charge in [-0.25, -0.2) is 0 Å². The van der Waals surface area contributed by atoms with E-state index in [9.17, 15) is 9.90 Å². The zero-order valence-corrected chi connectivity index (χ0v) is 12.5. The van der Waals surface area contributed by atoms with Crippen LogP contribution in [0.5, 0.6) is 0 Å². The van der Waals surface area contributed by atoms with E-state index in [0.717, 1.165) is 37.5 Å². The Hall–Kier alpha value is 0.130. The van der Waals surface area contributed by atoms with Crippen molar-refractivity contribution in [3.63, 3.8) is 0 Å². The summed E-state index contributed by atoms with van der Waals surface area (Å²) in [6.45, 7) is 0.863. The average Bonchev–Trinajstić information content (AvgIpc) is 2.99. The molecule has 104 valence electrons. The van der Waals surface area contributed by atoms with Gasteiger partial charge in [0.2, 0.25) is 0 Å². The molecule has 0 aromatic heterocycles. The molecule has 2 atom stereocenters. The van der Waals surface area contributed by atoms with Crippen molar-refractivity contribution in [3.05, 3.63) is 0 Å². The Morgan fingerprint density at radius 3 is 2.89 bits per heavy atom. The molecule has 0 aromatic carbocycles. The molecule has 2 aliphatic rings. The molecule has 0 aromatic rings. The second-order valence-electron chi connectivity index (χ2n) is 5.35. The molecule has 18 heavy (non-hydrogen) atoms. The van der Waals surface area contributed by atoms with Crippen molar-refractivity contribution in [1.82, 2.24) is 5.32 Å². The molecule has 0 saturated carbocycles. The van der Waals surface area contributed by atoms with Crippen LogP contribution in [0.1, 0.15) is 51.4 Å². The van der Waals surface area contributed by atoms with Gasteiger partial charge in [0.1, 0.15) is 5.54 Å². The van der Waals surface area contributed by atoms with Crippen molar-refractivity contribution in [2.24, 2.45) is 0 Å². The largest absolute Gasteiger partial charge is 0.480 e. The predicted octanol–water partition coefficient (Wildman–Crippen LogP) is 3.30. The van der Waals surface area contributed by atoms with Gasteiger partial charge in [0, 0.05) is 11.0 Å². The summed E-state index contributed by atoms with van der Waals surface area (Å²) >= 11 is 0. The van der Waals surface area contributed by atoms with E-state index in [1.165, 1.54) is 31.4 Å². The van der Waals surface area contributed by atoms with Crippen LogP contribution in [0.15, 0.2) is 0 Å². The summed E-state index contributed by atoms with van der Waals surface area (Å²) in [6, 6.07) is 0. The molecule has 0 bridgehead atoms. The summed E-state index contributed by atoms with van der Waals surface area (Å²) in [5.74, 6) is 0.657. The number of unbranched alkanes of at least 4 members (excludes halogenated alkanes) is 2. The zero-order chi connectivity index (χ0) is 12.8. The molecule has 2 fully saturated rings. The molecule has 0 radical (unpaired) electrons. The van der Waals surface area contributed by atoms with Gasteiger partial charge in [0.25, 0.3) is 0 Å². The van der Waals surface area contributed by atoms with E-state index < -0.39 is 11.5 Å². The van der Waals surface area contributed by atoms with E-state index in [4.69, 9.17) is 0 Å². The standard InChI is InChI=1S/C13H23NO2S2/c15-12(16)13(8-4-9-14-13)7-3-1-2-5-11-6-10-17-18-11/h11,14H,1-10H2,(H,15,16)/t11-,13+/m1/s1. The van der Waals surface area contributed by atoms with Gasteiger partial charge in [0.15, 0.2) is 0 Å². The summed E-state index contributed by atoms with van der Waals surface area (Å²) < 4.78 is 0. The summed E-state index contributed by atoms with van der Waals surface area (Å²) in [6.07, 6.45) is 8.76. The summed E-state index contributed by atoms with van der Waals surface area (Å²) in [5.41, 5.74) is -0.599. The maximum Gasteiger partial charge on any atom is 0.323 e. The van der Waals surface area contributed by atoms with Crippen LogP contribution in [-0.4, -0.2) is 34.2 Å². The van der Waals surface area contributed by atoms with E-state index in [0.29, 0.717) is 0 Å². The average molecular weight is 289 g/mol. The van der Waals surface area contributed by atoms with Crippen LogP contribution in [0.2, 0.25) is 0 Å². The monoisotopic (exact) mass is 289 g/mol. The van der Waals surface area contributed by atoms with Crippen molar-refractivity contribution in [1.29, 1.82) is 0 Å². The molecule has 5 heteroatoms. The van der Waals surface area contributed by atoms with Crippen molar-refractivity contribution in [2.75, 3.05) is 12.3 Å². The lowest BCUT2D eigenvalue weighted by Crippen LogP contribution is -2.47. The first-order valence-electron chi connectivity index (χ1n) is 7.00. The van der Waals surface area contributed by atoms with Crippen LogP contribution < -0.4 is 5.32 Å². The molecule has 0 aliphatic carbocycles. The maximum absolute atomic E-state index is 11.3. The molecule has 3 nitrogen and oxygen atoms in total. The van der Waals surface area contributed by atoms with E-state index >= 15 is 0 Å². The number of carboxylic acids is 1. The third-order valence-electron chi connectivity index (χ3n) is 4.01. The SMILES string of the molecule is O=C(O)[C@]1(CCCCC[C@@H]2CCSS2)CCCN1. The number of carbonyl (C=O) groups is 1. The lowest BCUT2D eigenvalue weighted by atomic mass is 9.90. The van der Waals surface area contributed by atoms with Crippen LogP contribution >= 0.6 is 21.6 Å². The van der Waals surface area contributed by atoms with Gasteiger partial charge in [0.05, 0.1) is 0 Å². The molecule has 2 heterocycles. The highest BCUT2D eigenvalue weighted by molar-refractivity contribution is 8.77. The molecule has 0 unspecified atom stereocenters. The number of aliphatic carboxylic acids is 1.